The van der Waals surface area contributed by atoms with Gasteiger partial charge in [0, 0.05) is 46.2 Å². The number of aryl methyl sites for hydroxylation is 1. The van der Waals surface area contributed by atoms with Crippen LogP contribution in [0.1, 0.15) is 36.5 Å². The van der Waals surface area contributed by atoms with E-state index in [4.69, 9.17) is 20.8 Å². The summed E-state index contributed by atoms with van der Waals surface area (Å²) in [5.74, 6) is 0. The molecule has 0 bridgehead atoms. The van der Waals surface area contributed by atoms with E-state index in [0.717, 1.165) is 40.2 Å². The smallest absolute Gasteiger partial charge is 0.336 e. The van der Waals surface area contributed by atoms with Crippen LogP contribution < -0.4 is 10.9 Å². The molecule has 1 N–H and O–H groups in total. The Morgan fingerprint density at radius 2 is 1.93 bits per heavy atom. The molecule has 1 saturated heterocycles. The van der Waals surface area contributed by atoms with Gasteiger partial charge in [-0.15, -0.1) is 0 Å². The maximum Gasteiger partial charge on any atom is 0.336 e. The quantitative estimate of drug-likeness (QED) is 0.489. The molecule has 1 fully saturated rings. The lowest BCUT2D eigenvalue weighted by Gasteiger charge is -2.39. The van der Waals surface area contributed by atoms with Crippen molar-refractivity contribution in [3.8, 4) is 0 Å². The predicted molar refractivity (Wildman–Crippen MR) is 120 cm³/mol. The number of halogens is 2. The molecule has 1 aliphatic rings. The summed E-state index contributed by atoms with van der Waals surface area (Å²) < 4.78 is 12.1. The zero-order valence-corrected chi connectivity index (χ0v) is 18.6. The molecule has 2 heterocycles. The standard InChI is InChI=1S/C23H23BrClNO3/c1-2-15-10-21-19(13-20(15)25)16(11-22(27)29-21)14-26-23(6-8-28-9-7-23)17-4-3-5-18(24)12-17/h3-5,10-13,26H,2,6-9,14H2,1H3. The van der Waals surface area contributed by atoms with E-state index in [-0.39, 0.29) is 11.2 Å². The Labute approximate surface area is 183 Å². The van der Waals surface area contributed by atoms with Crippen LogP contribution in [0.4, 0.5) is 0 Å². The van der Waals surface area contributed by atoms with Crippen LogP contribution in [0.3, 0.4) is 0 Å². The fourth-order valence-electron chi connectivity index (χ4n) is 4.04. The van der Waals surface area contributed by atoms with Crippen LogP contribution in [0, 0.1) is 0 Å². The highest BCUT2D eigenvalue weighted by molar-refractivity contribution is 9.10. The van der Waals surface area contributed by atoms with Gasteiger partial charge in [0.15, 0.2) is 0 Å². The Morgan fingerprint density at radius 1 is 1.14 bits per heavy atom. The average Bonchev–Trinajstić information content (AvgIpc) is 2.72. The molecule has 1 aromatic heterocycles. The molecule has 1 aliphatic heterocycles. The highest BCUT2D eigenvalue weighted by Crippen LogP contribution is 2.34. The molecule has 0 atom stereocenters. The Balaban J connectivity index is 1.72. The van der Waals surface area contributed by atoms with Crippen molar-refractivity contribution >= 4 is 38.5 Å². The van der Waals surface area contributed by atoms with E-state index in [1.54, 1.807) is 6.07 Å². The van der Waals surface area contributed by atoms with Crippen molar-refractivity contribution in [3.05, 3.63) is 79.1 Å². The fraction of sp³-hybridized carbons (Fsp3) is 0.348. The second kappa shape index (κ2) is 8.60. The molecule has 3 aromatic rings. The molecule has 0 radical (unpaired) electrons. The number of hydrogen-bond donors (Lipinski definition) is 1. The lowest BCUT2D eigenvalue weighted by Crippen LogP contribution is -2.46. The average molecular weight is 477 g/mol. The lowest BCUT2D eigenvalue weighted by atomic mass is 9.82. The minimum Gasteiger partial charge on any atom is -0.423 e. The molecule has 0 unspecified atom stereocenters. The van der Waals surface area contributed by atoms with Crippen LogP contribution >= 0.6 is 27.5 Å². The van der Waals surface area contributed by atoms with E-state index < -0.39 is 0 Å². The highest BCUT2D eigenvalue weighted by atomic mass is 79.9. The fourth-order valence-corrected chi connectivity index (χ4v) is 4.74. The van der Waals surface area contributed by atoms with Crippen LogP contribution in [-0.4, -0.2) is 13.2 Å². The zero-order valence-electron chi connectivity index (χ0n) is 16.3. The van der Waals surface area contributed by atoms with Crippen molar-refractivity contribution < 1.29 is 9.15 Å². The van der Waals surface area contributed by atoms with Crippen LogP contribution in [0.15, 0.2) is 56.1 Å². The first-order chi connectivity index (χ1) is 14.0. The molecule has 0 aliphatic carbocycles. The first-order valence-corrected chi connectivity index (χ1v) is 11.0. The van der Waals surface area contributed by atoms with Gasteiger partial charge < -0.3 is 14.5 Å². The summed E-state index contributed by atoms with van der Waals surface area (Å²) in [7, 11) is 0. The molecule has 4 nitrogen and oxygen atoms in total. The van der Waals surface area contributed by atoms with Gasteiger partial charge in [0.25, 0.3) is 0 Å². The Hall–Kier alpha value is -1.66. The Morgan fingerprint density at radius 3 is 2.66 bits per heavy atom. The number of ether oxygens (including phenoxy) is 1. The molecule has 0 saturated carbocycles. The van der Waals surface area contributed by atoms with E-state index in [1.165, 1.54) is 5.56 Å². The van der Waals surface area contributed by atoms with E-state index in [9.17, 15) is 4.79 Å². The number of benzene rings is 2. The maximum atomic E-state index is 12.2. The minimum atomic E-state index is -0.345. The van der Waals surface area contributed by atoms with Gasteiger partial charge in [0.1, 0.15) is 5.58 Å². The summed E-state index contributed by atoms with van der Waals surface area (Å²) in [6, 6.07) is 13.7. The number of hydrogen-bond acceptors (Lipinski definition) is 4. The number of fused-ring (bicyclic) bond motifs is 1. The molecular weight excluding hydrogens is 454 g/mol. The molecule has 6 heteroatoms. The van der Waals surface area contributed by atoms with Gasteiger partial charge in [-0.25, -0.2) is 4.79 Å². The van der Waals surface area contributed by atoms with Crippen molar-refractivity contribution in [2.75, 3.05) is 13.2 Å². The van der Waals surface area contributed by atoms with Crippen molar-refractivity contribution in [2.24, 2.45) is 0 Å². The molecule has 29 heavy (non-hydrogen) atoms. The highest BCUT2D eigenvalue weighted by Gasteiger charge is 2.34. The van der Waals surface area contributed by atoms with Gasteiger partial charge in [0.05, 0.1) is 0 Å². The summed E-state index contributed by atoms with van der Waals surface area (Å²) in [4.78, 5) is 12.2. The van der Waals surface area contributed by atoms with Crippen molar-refractivity contribution in [2.45, 2.75) is 38.3 Å². The number of rotatable bonds is 5. The Kier molecular flexibility index (Phi) is 6.11. The molecule has 152 valence electrons. The zero-order chi connectivity index (χ0) is 20.4. The topological polar surface area (TPSA) is 51.5 Å². The van der Waals surface area contributed by atoms with Crippen molar-refractivity contribution in [1.29, 1.82) is 0 Å². The van der Waals surface area contributed by atoms with Gasteiger partial charge in [-0.3, -0.25) is 0 Å². The lowest BCUT2D eigenvalue weighted by molar-refractivity contribution is 0.0358. The summed E-state index contributed by atoms with van der Waals surface area (Å²) in [6.45, 7) is 3.96. The summed E-state index contributed by atoms with van der Waals surface area (Å²) in [6.07, 6.45) is 2.51. The van der Waals surface area contributed by atoms with E-state index in [1.807, 2.05) is 25.1 Å². The van der Waals surface area contributed by atoms with Gasteiger partial charge in [-0.1, -0.05) is 46.6 Å². The normalized spacial score (nSPS) is 16.2. The van der Waals surface area contributed by atoms with Crippen LogP contribution in [0.25, 0.3) is 11.0 Å². The molecule has 0 amide bonds. The third kappa shape index (κ3) is 4.29. The third-order valence-electron chi connectivity index (χ3n) is 5.72. The monoisotopic (exact) mass is 475 g/mol. The minimum absolute atomic E-state index is 0.211. The van der Waals surface area contributed by atoms with E-state index in [2.05, 4.69) is 39.4 Å². The summed E-state index contributed by atoms with van der Waals surface area (Å²) in [5.41, 5.74) is 3.11. The first-order valence-electron chi connectivity index (χ1n) is 9.85. The van der Waals surface area contributed by atoms with Crippen molar-refractivity contribution in [3.63, 3.8) is 0 Å². The summed E-state index contributed by atoms with van der Waals surface area (Å²) in [5, 5.41) is 5.31. The van der Waals surface area contributed by atoms with E-state index >= 15 is 0 Å². The summed E-state index contributed by atoms with van der Waals surface area (Å²) >= 11 is 10.0. The van der Waals surface area contributed by atoms with Gasteiger partial charge in [-0.2, -0.15) is 0 Å². The van der Waals surface area contributed by atoms with Gasteiger partial charge >= 0.3 is 5.63 Å². The van der Waals surface area contributed by atoms with Crippen LogP contribution in [-0.2, 0) is 23.2 Å². The number of nitrogens with one attached hydrogen (secondary N) is 1. The van der Waals surface area contributed by atoms with Crippen LogP contribution in [0.5, 0.6) is 0 Å². The third-order valence-corrected chi connectivity index (χ3v) is 6.56. The molecular formula is C23H23BrClNO3. The molecule has 0 spiro atoms. The molecule has 4 rings (SSSR count). The molecule has 2 aromatic carbocycles. The second-order valence-electron chi connectivity index (χ2n) is 7.44. The van der Waals surface area contributed by atoms with Crippen molar-refractivity contribution in [1.82, 2.24) is 5.32 Å². The Bertz CT molecular complexity index is 1090. The maximum absolute atomic E-state index is 12.2. The predicted octanol–water partition coefficient (Wildman–Crippen LogP) is 5.57. The first kappa shape index (κ1) is 20.6. The largest absolute Gasteiger partial charge is 0.423 e. The second-order valence-corrected chi connectivity index (χ2v) is 8.77. The van der Waals surface area contributed by atoms with Gasteiger partial charge in [-0.05, 0) is 60.2 Å². The van der Waals surface area contributed by atoms with E-state index in [0.29, 0.717) is 30.4 Å². The van der Waals surface area contributed by atoms with Gasteiger partial charge in [0.2, 0.25) is 0 Å². The SMILES string of the molecule is CCc1cc2oc(=O)cc(CNC3(c4cccc(Br)c4)CCOCC3)c2cc1Cl. The van der Waals surface area contributed by atoms with Crippen LogP contribution in [0.2, 0.25) is 5.02 Å².